The van der Waals surface area contributed by atoms with Crippen LogP contribution >= 0.6 is 11.8 Å². The van der Waals surface area contributed by atoms with Crippen LogP contribution < -0.4 is 5.56 Å². The first-order chi connectivity index (χ1) is 9.28. The molecule has 0 aliphatic carbocycles. The molecular weight excluding hydrogens is 256 g/mol. The van der Waals surface area contributed by atoms with Gasteiger partial charge in [-0.25, -0.2) is 5.10 Å². The van der Waals surface area contributed by atoms with Crippen molar-refractivity contribution in [1.82, 2.24) is 10.2 Å². The molecule has 0 amide bonds. The zero-order valence-electron chi connectivity index (χ0n) is 10.4. The lowest BCUT2D eigenvalue weighted by atomic mass is 10.2. The van der Waals surface area contributed by atoms with E-state index in [1.165, 1.54) is 11.0 Å². The fourth-order valence-corrected chi connectivity index (χ4v) is 2.20. The van der Waals surface area contributed by atoms with Crippen LogP contribution in [-0.2, 0) is 0 Å². The highest BCUT2D eigenvalue weighted by Crippen LogP contribution is 2.20. The largest absolute Gasteiger partial charge is 0.268 e. The van der Waals surface area contributed by atoms with Crippen molar-refractivity contribution in [1.29, 1.82) is 0 Å². The molecular formula is C15H14N2OS. The Morgan fingerprint density at radius 1 is 1.26 bits per heavy atom. The Morgan fingerprint density at radius 3 is 2.89 bits per heavy atom. The third-order valence-electron chi connectivity index (χ3n) is 2.37. The Kier molecular flexibility index (Phi) is 4.75. The van der Waals surface area contributed by atoms with Crippen LogP contribution in [0.4, 0.5) is 0 Å². The molecule has 1 aromatic heterocycles. The first-order valence-electron chi connectivity index (χ1n) is 5.85. The van der Waals surface area contributed by atoms with Gasteiger partial charge < -0.3 is 0 Å². The monoisotopic (exact) mass is 270 g/mol. The van der Waals surface area contributed by atoms with Gasteiger partial charge in [-0.2, -0.15) is 5.10 Å². The Labute approximate surface area is 116 Å². The Morgan fingerprint density at radius 2 is 2.16 bits per heavy atom. The van der Waals surface area contributed by atoms with E-state index in [1.807, 2.05) is 30.4 Å². The number of hydrogen-bond acceptors (Lipinski definition) is 3. The van der Waals surface area contributed by atoms with Crippen LogP contribution in [0.1, 0.15) is 11.3 Å². The molecule has 0 bridgehead atoms. The third kappa shape index (κ3) is 4.26. The molecule has 19 heavy (non-hydrogen) atoms. The molecule has 0 aliphatic rings. The average molecular weight is 270 g/mol. The molecule has 4 heteroatoms. The number of rotatable bonds is 5. The molecule has 3 nitrogen and oxygen atoms in total. The van der Waals surface area contributed by atoms with Crippen molar-refractivity contribution in [2.45, 2.75) is 4.90 Å². The van der Waals surface area contributed by atoms with E-state index in [0.29, 0.717) is 0 Å². The minimum atomic E-state index is -0.194. The molecule has 0 saturated heterocycles. The number of nitrogens with one attached hydrogen (secondary N) is 1. The Bertz CT molecular complexity index is 626. The highest BCUT2D eigenvalue weighted by atomic mass is 32.2. The second-order valence-electron chi connectivity index (χ2n) is 3.85. The first-order valence-corrected chi connectivity index (χ1v) is 6.84. The van der Waals surface area contributed by atoms with Gasteiger partial charge in [-0.05, 0) is 29.8 Å². The van der Waals surface area contributed by atoms with Crippen molar-refractivity contribution < 1.29 is 0 Å². The SMILES string of the molecule is C=CCSc1cccc(C=Cc2ccc(=O)[nH]n2)c1. The molecule has 0 radical (unpaired) electrons. The number of thioether (sulfide) groups is 1. The van der Waals surface area contributed by atoms with Crippen LogP contribution in [0.2, 0.25) is 0 Å². The Hall–Kier alpha value is -2.07. The van der Waals surface area contributed by atoms with Gasteiger partial charge in [0.15, 0.2) is 0 Å². The number of aromatic nitrogens is 2. The summed E-state index contributed by atoms with van der Waals surface area (Å²) in [5.41, 5.74) is 1.63. The lowest BCUT2D eigenvalue weighted by molar-refractivity contribution is 0.977. The van der Waals surface area contributed by atoms with Crippen LogP contribution in [-0.4, -0.2) is 16.0 Å². The Balaban J connectivity index is 2.11. The lowest BCUT2D eigenvalue weighted by Crippen LogP contribution is -2.05. The minimum absolute atomic E-state index is 0.194. The fourth-order valence-electron chi connectivity index (χ4n) is 1.49. The summed E-state index contributed by atoms with van der Waals surface area (Å²) in [5, 5.41) is 6.33. The highest BCUT2D eigenvalue weighted by Gasteiger charge is 1.94. The minimum Gasteiger partial charge on any atom is -0.268 e. The lowest BCUT2D eigenvalue weighted by Gasteiger charge is -2.00. The van der Waals surface area contributed by atoms with E-state index >= 15 is 0 Å². The van der Waals surface area contributed by atoms with E-state index in [0.717, 1.165) is 17.0 Å². The second-order valence-corrected chi connectivity index (χ2v) is 4.94. The van der Waals surface area contributed by atoms with E-state index in [9.17, 15) is 4.79 Å². The molecule has 96 valence electrons. The van der Waals surface area contributed by atoms with Crippen molar-refractivity contribution in [3.8, 4) is 0 Å². The molecule has 0 saturated carbocycles. The van der Waals surface area contributed by atoms with Crippen molar-refractivity contribution >= 4 is 23.9 Å². The molecule has 1 aromatic carbocycles. The summed E-state index contributed by atoms with van der Waals surface area (Å²) < 4.78 is 0. The summed E-state index contributed by atoms with van der Waals surface area (Å²) in [6, 6.07) is 11.4. The van der Waals surface area contributed by atoms with E-state index in [-0.39, 0.29) is 5.56 Å². The molecule has 0 atom stereocenters. The van der Waals surface area contributed by atoms with Crippen molar-refractivity contribution in [2.75, 3.05) is 5.75 Å². The first kappa shape index (κ1) is 13.4. The van der Waals surface area contributed by atoms with Gasteiger partial charge in [0.1, 0.15) is 0 Å². The van der Waals surface area contributed by atoms with Gasteiger partial charge in [0, 0.05) is 16.7 Å². The maximum Gasteiger partial charge on any atom is 0.264 e. The van der Waals surface area contributed by atoms with E-state index in [1.54, 1.807) is 17.8 Å². The molecule has 0 aliphatic heterocycles. The summed E-state index contributed by atoms with van der Waals surface area (Å²) in [7, 11) is 0. The normalized spacial score (nSPS) is 10.7. The van der Waals surface area contributed by atoms with Gasteiger partial charge >= 0.3 is 0 Å². The molecule has 2 rings (SSSR count). The van der Waals surface area contributed by atoms with E-state index in [4.69, 9.17) is 0 Å². The van der Waals surface area contributed by atoms with Crippen LogP contribution in [0.3, 0.4) is 0 Å². The standard InChI is InChI=1S/C15H14N2OS/c1-2-10-19-14-5-3-4-12(11-14)6-7-13-8-9-15(18)17-16-13/h2-9,11H,1,10H2,(H,17,18). The van der Waals surface area contributed by atoms with Gasteiger partial charge in [-0.15, -0.1) is 18.3 Å². The van der Waals surface area contributed by atoms with Crippen molar-refractivity contribution in [3.63, 3.8) is 0 Å². The molecule has 0 spiro atoms. The number of benzene rings is 1. The number of H-pyrrole nitrogens is 1. The zero-order chi connectivity index (χ0) is 13.5. The molecule has 0 fully saturated rings. The highest BCUT2D eigenvalue weighted by molar-refractivity contribution is 7.99. The van der Waals surface area contributed by atoms with E-state index < -0.39 is 0 Å². The number of aromatic amines is 1. The predicted molar refractivity (Wildman–Crippen MR) is 81.1 cm³/mol. The second kappa shape index (κ2) is 6.75. The van der Waals surface area contributed by atoms with Gasteiger partial charge in [0.05, 0.1) is 5.69 Å². The third-order valence-corrected chi connectivity index (χ3v) is 3.36. The van der Waals surface area contributed by atoms with Crippen LogP contribution in [0.5, 0.6) is 0 Å². The predicted octanol–water partition coefficient (Wildman–Crippen LogP) is 3.22. The van der Waals surface area contributed by atoms with Gasteiger partial charge in [0.25, 0.3) is 5.56 Å². The maximum absolute atomic E-state index is 10.9. The van der Waals surface area contributed by atoms with Gasteiger partial charge in [-0.3, -0.25) is 4.79 Å². The van der Waals surface area contributed by atoms with Crippen molar-refractivity contribution in [2.24, 2.45) is 0 Å². The maximum atomic E-state index is 10.9. The summed E-state index contributed by atoms with van der Waals surface area (Å²) in [5.74, 6) is 0.897. The van der Waals surface area contributed by atoms with Crippen molar-refractivity contribution in [3.05, 3.63) is 70.7 Å². The topological polar surface area (TPSA) is 45.8 Å². The van der Waals surface area contributed by atoms with Crippen LogP contribution in [0.15, 0.2) is 58.7 Å². The molecule has 1 N–H and O–H groups in total. The zero-order valence-corrected chi connectivity index (χ0v) is 11.2. The van der Waals surface area contributed by atoms with Crippen LogP contribution in [0.25, 0.3) is 12.2 Å². The van der Waals surface area contributed by atoms with Crippen LogP contribution in [0, 0.1) is 0 Å². The summed E-state index contributed by atoms with van der Waals surface area (Å²) in [4.78, 5) is 12.1. The van der Waals surface area contributed by atoms with E-state index in [2.05, 4.69) is 28.9 Å². The number of nitrogens with zero attached hydrogens (tertiary/aromatic N) is 1. The van der Waals surface area contributed by atoms with Gasteiger partial charge in [0.2, 0.25) is 0 Å². The summed E-state index contributed by atoms with van der Waals surface area (Å²) >= 11 is 1.74. The summed E-state index contributed by atoms with van der Waals surface area (Å²) in [6.07, 6.45) is 5.73. The smallest absolute Gasteiger partial charge is 0.264 e. The average Bonchev–Trinajstić information content (AvgIpc) is 2.45. The molecule has 2 aromatic rings. The quantitative estimate of drug-likeness (QED) is 0.670. The number of hydrogen-bond donors (Lipinski definition) is 1. The molecule has 0 unspecified atom stereocenters. The molecule has 1 heterocycles. The fraction of sp³-hybridized carbons (Fsp3) is 0.0667. The van der Waals surface area contributed by atoms with Gasteiger partial charge in [-0.1, -0.05) is 24.3 Å². The summed E-state index contributed by atoms with van der Waals surface area (Å²) in [6.45, 7) is 3.71.